The summed E-state index contributed by atoms with van der Waals surface area (Å²) in [6, 6.07) is 4.60. The number of nitrogens with zero attached hydrogens (tertiary/aromatic N) is 4. The van der Waals surface area contributed by atoms with Crippen LogP contribution in [0.4, 0.5) is 0 Å². The highest BCUT2D eigenvalue weighted by atomic mass is 16.2. The lowest BCUT2D eigenvalue weighted by Gasteiger charge is -2.52. The fraction of sp³-hybridized carbons (Fsp3) is 0.593. The van der Waals surface area contributed by atoms with Crippen LogP contribution in [0.25, 0.3) is 22.1 Å². The van der Waals surface area contributed by atoms with Gasteiger partial charge in [-0.15, -0.1) is 0 Å². The molecular formula is C27H33N7O2. The summed E-state index contributed by atoms with van der Waals surface area (Å²) in [4.78, 5) is 38.1. The van der Waals surface area contributed by atoms with Crippen molar-refractivity contribution in [2.45, 2.75) is 88.6 Å². The summed E-state index contributed by atoms with van der Waals surface area (Å²) in [5, 5.41) is 13.5. The van der Waals surface area contributed by atoms with E-state index in [0.717, 1.165) is 92.1 Å². The van der Waals surface area contributed by atoms with Gasteiger partial charge in [-0.25, -0.2) is 9.97 Å². The van der Waals surface area contributed by atoms with Crippen LogP contribution in [0.1, 0.15) is 82.5 Å². The van der Waals surface area contributed by atoms with E-state index in [9.17, 15) is 9.59 Å². The van der Waals surface area contributed by atoms with E-state index in [-0.39, 0.29) is 35.2 Å². The van der Waals surface area contributed by atoms with Crippen molar-refractivity contribution in [2.75, 3.05) is 0 Å². The van der Waals surface area contributed by atoms with Crippen LogP contribution in [-0.4, -0.2) is 36.9 Å². The molecule has 0 unspecified atom stereocenters. The van der Waals surface area contributed by atoms with Gasteiger partial charge in [-0.3, -0.25) is 9.59 Å². The van der Waals surface area contributed by atoms with Crippen molar-refractivity contribution in [3.63, 3.8) is 0 Å². The predicted molar refractivity (Wildman–Crippen MR) is 135 cm³/mol. The van der Waals surface area contributed by atoms with Gasteiger partial charge < -0.3 is 20.6 Å². The number of imidazole rings is 1. The topological polar surface area (TPSA) is 142 Å². The Morgan fingerprint density at radius 2 is 1.89 bits per heavy atom. The Morgan fingerprint density at radius 1 is 1.17 bits per heavy atom. The van der Waals surface area contributed by atoms with E-state index < -0.39 is 0 Å². The highest BCUT2D eigenvalue weighted by Crippen LogP contribution is 2.52. The Kier molecular flexibility index (Phi) is 5.51. The molecule has 3 aromatic heterocycles. The average Bonchev–Trinajstić information content (AvgIpc) is 3.49. The van der Waals surface area contributed by atoms with E-state index in [1.54, 1.807) is 6.20 Å². The number of hydrogen-bond donors (Lipinski definition) is 3. The largest absolute Gasteiger partial charge is 0.369 e. The maximum Gasteiger partial charge on any atom is 0.228 e. The van der Waals surface area contributed by atoms with Crippen LogP contribution in [-0.2, 0) is 16.0 Å². The number of pyridine rings is 1. The molecule has 4 fully saturated rings. The molecule has 36 heavy (non-hydrogen) atoms. The number of rotatable bonds is 6. The molecule has 4 aliphatic carbocycles. The number of nitrogens with two attached hydrogens (primary N) is 1. The molecule has 0 aliphatic heterocycles. The number of aromatic amines is 1. The van der Waals surface area contributed by atoms with Crippen molar-refractivity contribution in [3.05, 3.63) is 24.3 Å². The number of aromatic nitrogens is 4. The highest BCUT2D eigenvalue weighted by Gasteiger charge is 2.52. The molecule has 9 nitrogen and oxygen atoms in total. The molecule has 4 aliphatic rings. The lowest BCUT2D eigenvalue weighted by molar-refractivity contribution is -0.136. The quantitative estimate of drug-likeness (QED) is 0.485. The number of amides is 2. The molecule has 3 aromatic rings. The molecule has 4 N–H and O–H groups in total. The van der Waals surface area contributed by atoms with Gasteiger partial charge in [-0.2, -0.15) is 5.26 Å². The van der Waals surface area contributed by atoms with Crippen LogP contribution in [0.15, 0.2) is 18.5 Å². The monoisotopic (exact) mass is 487 g/mol. The zero-order chi connectivity index (χ0) is 24.9. The Hall–Kier alpha value is -3.41. The van der Waals surface area contributed by atoms with E-state index in [2.05, 4.69) is 25.9 Å². The molecule has 0 spiro atoms. The third-order valence-corrected chi connectivity index (χ3v) is 9.36. The standard InChI is InChI=1S/C27H33N7O2/c28-13-5-17-1-3-18(4-2-17)34-21(32-20-16-31-24-19(23(20)34)6-14-30-24)15-22(35)33-27-10-7-26(8-11-27,9-12-27)25(29)36/h6,14,16-18H,1-5,7-12,15H2,(H2,29,36)(H,30,31)(H,33,35). The number of carbonyl (C=O) groups excluding carboxylic acids is 2. The van der Waals surface area contributed by atoms with Gasteiger partial charge in [0.1, 0.15) is 17.0 Å². The number of H-pyrrole nitrogens is 1. The first-order chi connectivity index (χ1) is 17.4. The summed E-state index contributed by atoms with van der Waals surface area (Å²) in [5.74, 6) is 1.02. The van der Waals surface area contributed by atoms with Crippen molar-refractivity contribution >= 4 is 33.9 Å². The number of primary amides is 1. The molecule has 9 heteroatoms. The minimum absolute atomic E-state index is 0.0172. The van der Waals surface area contributed by atoms with Crippen molar-refractivity contribution < 1.29 is 9.59 Å². The second kappa shape index (κ2) is 8.61. The fourth-order valence-corrected chi connectivity index (χ4v) is 7.12. The Bertz CT molecular complexity index is 1350. The van der Waals surface area contributed by atoms with E-state index >= 15 is 0 Å². The Morgan fingerprint density at radius 3 is 2.56 bits per heavy atom. The summed E-state index contributed by atoms with van der Waals surface area (Å²) in [7, 11) is 0. The van der Waals surface area contributed by atoms with Gasteiger partial charge in [0.25, 0.3) is 0 Å². The summed E-state index contributed by atoms with van der Waals surface area (Å²) in [6.07, 6.45) is 13.1. The van der Waals surface area contributed by atoms with Crippen molar-refractivity contribution in [1.29, 1.82) is 5.26 Å². The molecule has 3 heterocycles. The SMILES string of the molecule is N#CCC1CCC(n2c(CC(=O)NC34CCC(C(N)=O)(CC3)CC4)nc3cnc4[nH]ccc4c32)CC1. The minimum atomic E-state index is -0.375. The van der Waals surface area contributed by atoms with E-state index in [1.807, 2.05) is 12.3 Å². The van der Waals surface area contributed by atoms with E-state index in [4.69, 9.17) is 16.0 Å². The number of hydrogen-bond acceptors (Lipinski definition) is 5. The molecular weight excluding hydrogens is 454 g/mol. The molecule has 0 radical (unpaired) electrons. The summed E-state index contributed by atoms with van der Waals surface area (Å²) in [6.45, 7) is 0. The zero-order valence-electron chi connectivity index (χ0n) is 20.6. The average molecular weight is 488 g/mol. The van der Waals surface area contributed by atoms with Crippen LogP contribution in [0.3, 0.4) is 0 Å². The molecule has 188 valence electrons. The minimum Gasteiger partial charge on any atom is -0.369 e. The van der Waals surface area contributed by atoms with Crippen LogP contribution in [0.5, 0.6) is 0 Å². The normalized spacial score (nSPS) is 29.9. The highest BCUT2D eigenvalue weighted by molar-refractivity contribution is 6.01. The van der Waals surface area contributed by atoms with Gasteiger partial charge >= 0.3 is 0 Å². The first-order valence-electron chi connectivity index (χ1n) is 13.2. The summed E-state index contributed by atoms with van der Waals surface area (Å²) >= 11 is 0. The summed E-state index contributed by atoms with van der Waals surface area (Å²) < 4.78 is 2.28. The first kappa shape index (κ1) is 23.0. The third kappa shape index (κ3) is 3.74. The van der Waals surface area contributed by atoms with Gasteiger partial charge in [0.15, 0.2) is 0 Å². The maximum absolute atomic E-state index is 13.4. The molecule has 0 aromatic carbocycles. The van der Waals surface area contributed by atoms with Gasteiger partial charge in [-0.05, 0) is 76.2 Å². The molecule has 0 atom stereocenters. The van der Waals surface area contributed by atoms with E-state index in [1.165, 1.54) is 0 Å². The Balaban J connectivity index is 1.28. The Labute approximate surface area is 209 Å². The second-order valence-corrected chi connectivity index (χ2v) is 11.3. The molecule has 0 saturated heterocycles. The first-order valence-corrected chi connectivity index (χ1v) is 13.2. The molecule has 4 saturated carbocycles. The number of nitrogens with one attached hydrogen (secondary N) is 2. The number of fused-ring (bicyclic) bond motifs is 6. The van der Waals surface area contributed by atoms with Crippen molar-refractivity contribution in [2.24, 2.45) is 17.1 Å². The van der Waals surface area contributed by atoms with Gasteiger partial charge in [-0.1, -0.05) is 0 Å². The van der Waals surface area contributed by atoms with Crippen LogP contribution < -0.4 is 11.1 Å². The zero-order valence-corrected chi connectivity index (χ0v) is 20.6. The van der Waals surface area contributed by atoms with Crippen LogP contribution in [0, 0.1) is 22.7 Å². The van der Waals surface area contributed by atoms with Gasteiger partial charge in [0.2, 0.25) is 11.8 Å². The van der Waals surface area contributed by atoms with Crippen molar-refractivity contribution in [1.82, 2.24) is 24.8 Å². The van der Waals surface area contributed by atoms with Crippen LogP contribution in [0.2, 0.25) is 0 Å². The lowest BCUT2D eigenvalue weighted by atomic mass is 9.57. The third-order valence-electron chi connectivity index (χ3n) is 9.36. The fourth-order valence-electron chi connectivity index (χ4n) is 7.12. The molecule has 7 rings (SSSR count). The number of nitriles is 1. The van der Waals surface area contributed by atoms with Gasteiger partial charge in [0, 0.05) is 35.0 Å². The van der Waals surface area contributed by atoms with Crippen molar-refractivity contribution in [3.8, 4) is 6.07 Å². The number of carbonyl (C=O) groups is 2. The summed E-state index contributed by atoms with van der Waals surface area (Å²) in [5.41, 5.74) is 7.75. The van der Waals surface area contributed by atoms with Crippen LogP contribution >= 0.6 is 0 Å². The molecule has 2 amide bonds. The lowest BCUT2D eigenvalue weighted by Crippen LogP contribution is -2.59. The molecule has 2 bridgehead atoms. The smallest absolute Gasteiger partial charge is 0.228 e. The van der Waals surface area contributed by atoms with E-state index in [0.29, 0.717) is 12.3 Å². The second-order valence-electron chi connectivity index (χ2n) is 11.3. The maximum atomic E-state index is 13.4. The predicted octanol–water partition coefficient (Wildman–Crippen LogP) is 3.79. The van der Waals surface area contributed by atoms with Gasteiger partial charge in [0.05, 0.1) is 24.2 Å².